The summed E-state index contributed by atoms with van der Waals surface area (Å²) in [7, 11) is 0. The summed E-state index contributed by atoms with van der Waals surface area (Å²) in [4.78, 5) is 57.1. The Kier molecular flexibility index (Phi) is 10.9. The number of primary amides is 1. The fourth-order valence-electron chi connectivity index (χ4n) is 5.09. The molecule has 11 N–H and O–H groups in total. The van der Waals surface area contributed by atoms with Crippen LogP contribution in [0.25, 0.3) is 0 Å². The lowest BCUT2D eigenvalue weighted by Gasteiger charge is -2.26. The molecule has 13 heteroatoms. The molecule has 0 spiro atoms. The highest BCUT2D eigenvalue weighted by Gasteiger charge is 2.33. The fourth-order valence-corrected chi connectivity index (χ4v) is 5.09. The molecule has 13 nitrogen and oxygen atoms in total. The molecule has 226 valence electrons. The van der Waals surface area contributed by atoms with E-state index in [2.05, 4.69) is 15.6 Å². The number of aliphatic imine (C=N–C) groups is 1. The number of amides is 4. The van der Waals surface area contributed by atoms with Crippen LogP contribution >= 0.6 is 0 Å². The van der Waals surface area contributed by atoms with Gasteiger partial charge in [0, 0.05) is 19.5 Å². The summed E-state index contributed by atoms with van der Waals surface area (Å²) in [6.07, 6.45) is 0.910. The van der Waals surface area contributed by atoms with Gasteiger partial charge in [0.05, 0.1) is 12.6 Å². The second-order valence-electron chi connectivity index (χ2n) is 10.6. The number of carbonyl (C=O) groups excluding carboxylic acids is 4. The van der Waals surface area contributed by atoms with Gasteiger partial charge in [-0.3, -0.25) is 24.2 Å². The summed E-state index contributed by atoms with van der Waals surface area (Å²) in [5.74, 6) is -2.26. The molecule has 1 heterocycles. The Hall–Kier alpha value is -4.65. The molecule has 3 rings (SSSR count). The van der Waals surface area contributed by atoms with Gasteiger partial charge in [0.1, 0.15) is 17.8 Å². The minimum absolute atomic E-state index is 0.0982. The predicted octanol–water partition coefficient (Wildman–Crippen LogP) is -1.03. The van der Waals surface area contributed by atoms with E-state index in [0.717, 1.165) is 27.8 Å². The zero-order valence-corrected chi connectivity index (χ0v) is 23.9. The van der Waals surface area contributed by atoms with Gasteiger partial charge in [-0.2, -0.15) is 0 Å². The number of carbonyl (C=O) groups is 4. The number of fused-ring (bicyclic) bond motifs is 1. The highest BCUT2D eigenvalue weighted by molar-refractivity contribution is 5.94. The lowest BCUT2D eigenvalue weighted by Crippen LogP contribution is -2.56. The van der Waals surface area contributed by atoms with E-state index in [0.29, 0.717) is 6.42 Å². The van der Waals surface area contributed by atoms with Crippen molar-refractivity contribution in [1.82, 2.24) is 15.5 Å². The third kappa shape index (κ3) is 8.67. The largest absolute Gasteiger partial charge is 0.508 e. The number of nitrogens with two attached hydrogens (primary N) is 4. The zero-order chi connectivity index (χ0) is 31.0. The lowest BCUT2D eigenvalue weighted by molar-refractivity contribution is -0.139. The van der Waals surface area contributed by atoms with Crippen molar-refractivity contribution in [3.05, 3.63) is 64.2 Å². The summed E-state index contributed by atoms with van der Waals surface area (Å²) in [6.45, 7) is 3.73. The minimum Gasteiger partial charge on any atom is -0.508 e. The summed E-state index contributed by atoms with van der Waals surface area (Å²) < 4.78 is 0. The van der Waals surface area contributed by atoms with E-state index in [-0.39, 0.29) is 50.6 Å². The van der Waals surface area contributed by atoms with E-state index in [1.54, 1.807) is 12.1 Å². The number of nitrogens with zero attached hydrogens (tertiary/aromatic N) is 2. The van der Waals surface area contributed by atoms with Crippen molar-refractivity contribution in [2.75, 3.05) is 13.1 Å². The standard InChI is InChI=1S/C29H40N8O5/c1-16-10-20(38)11-17(2)21(16)13-22(30)26(40)35-23(8-5-9-34-29(32)33)27(41)36-24-12-18-6-3-4-7-19(18)14-37(28(24)42)15-25(31)39/h3-4,6-7,10-11,22-24,38H,5,8-9,12-15,30H2,1-2H3,(H2,31,39)(H,35,40)(H,36,41)(H4,32,33,34)/t22-,23+,24-/m0/s1. The number of nitrogens with one attached hydrogen (secondary N) is 2. The van der Waals surface area contributed by atoms with Crippen molar-refractivity contribution in [2.24, 2.45) is 27.9 Å². The number of phenols is 1. The van der Waals surface area contributed by atoms with Crippen LogP contribution in [0.5, 0.6) is 5.75 Å². The quantitative estimate of drug-likeness (QED) is 0.0929. The summed E-state index contributed by atoms with van der Waals surface area (Å²) in [5, 5.41) is 15.3. The van der Waals surface area contributed by atoms with Crippen LogP contribution in [0.3, 0.4) is 0 Å². The van der Waals surface area contributed by atoms with Crippen molar-refractivity contribution in [2.45, 2.75) is 64.2 Å². The summed E-state index contributed by atoms with van der Waals surface area (Å²) in [6, 6.07) is 7.53. The fraction of sp³-hybridized carbons (Fsp3) is 0.414. The first kappa shape index (κ1) is 31.9. The Balaban J connectivity index is 1.79. The molecule has 0 aliphatic carbocycles. The van der Waals surface area contributed by atoms with E-state index in [1.807, 2.05) is 38.1 Å². The van der Waals surface area contributed by atoms with Crippen LogP contribution in [0.4, 0.5) is 0 Å². The van der Waals surface area contributed by atoms with E-state index in [1.165, 1.54) is 4.90 Å². The summed E-state index contributed by atoms with van der Waals surface area (Å²) >= 11 is 0. The molecular weight excluding hydrogens is 540 g/mol. The molecular formula is C29H40N8O5. The van der Waals surface area contributed by atoms with E-state index in [9.17, 15) is 24.3 Å². The number of hydrogen-bond donors (Lipinski definition) is 7. The van der Waals surface area contributed by atoms with Crippen LogP contribution in [0.15, 0.2) is 41.4 Å². The van der Waals surface area contributed by atoms with E-state index in [4.69, 9.17) is 22.9 Å². The van der Waals surface area contributed by atoms with Crippen LogP contribution < -0.4 is 33.6 Å². The van der Waals surface area contributed by atoms with E-state index < -0.39 is 41.8 Å². The van der Waals surface area contributed by atoms with E-state index >= 15 is 0 Å². The van der Waals surface area contributed by atoms with Crippen molar-refractivity contribution in [3.63, 3.8) is 0 Å². The van der Waals surface area contributed by atoms with Gasteiger partial charge in [0.15, 0.2) is 5.96 Å². The van der Waals surface area contributed by atoms with Gasteiger partial charge < -0.3 is 43.6 Å². The number of aryl methyl sites for hydroxylation is 2. The maximum atomic E-state index is 13.6. The van der Waals surface area contributed by atoms with Gasteiger partial charge in [-0.05, 0) is 73.1 Å². The van der Waals surface area contributed by atoms with Crippen LogP contribution in [0, 0.1) is 13.8 Å². The molecule has 1 aliphatic rings. The maximum Gasteiger partial charge on any atom is 0.246 e. The molecule has 0 unspecified atom stereocenters. The average Bonchev–Trinajstić information content (AvgIpc) is 3.03. The number of guanidine groups is 1. The van der Waals surface area contributed by atoms with Crippen LogP contribution in [-0.4, -0.2) is 70.8 Å². The highest BCUT2D eigenvalue weighted by atomic mass is 16.3. The molecule has 0 saturated heterocycles. The Morgan fingerprint density at radius 1 is 1.07 bits per heavy atom. The second-order valence-corrected chi connectivity index (χ2v) is 10.6. The Morgan fingerprint density at radius 2 is 1.71 bits per heavy atom. The molecule has 2 aromatic rings. The van der Waals surface area contributed by atoms with Gasteiger partial charge >= 0.3 is 0 Å². The molecule has 0 fully saturated rings. The number of benzene rings is 2. The van der Waals surface area contributed by atoms with Gasteiger partial charge in [0.25, 0.3) is 0 Å². The van der Waals surface area contributed by atoms with Crippen molar-refractivity contribution >= 4 is 29.6 Å². The number of aromatic hydroxyl groups is 1. The van der Waals surface area contributed by atoms with Crippen LogP contribution in [-0.2, 0) is 38.6 Å². The Labute approximate surface area is 244 Å². The van der Waals surface area contributed by atoms with Crippen LogP contribution in [0.1, 0.15) is 40.7 Å². The minimum atomic E-state index is -1.05. The molecule has 0 bridgehead atoms. The average molecular weight is 581 g/mol. The Morgan fingerprint density at radius 3 is 2.33 bits per heavy atom. The molecule has 42 heavy (non-hydrogen) atoms. The van der Waals surface area contributed by atoms with Gasteiger partial charge in [-0.1, -0.05) is 24.3 Å². The maximum absolute atomic E-state index is 13.6. The van der Waals surface area contributed by atoms with Gasteiger partial charge in [0.2, 0.25) is 23.6 Å². The molecule has 0 saturated carbocycles. The number of hydrogen-bond acceptors (Lipinski definition) is 7. The highest BCUT2D eigenvalue weighted by Crippen LogP contribution is 2.22. The third-order valence-electron chi connectivity index (χ3n) is 7.20. The number of rotatable bonds is 12. The molecule has 0 radical (unpaired) electrons. The zero-order valence-electron chi connectivity index (χ0n) is 23.9. The van der Waals surface area contributed by atoms with Crippen LogP contribution in [0.2, 0.25) is 0 Å². The SMILES string of the molecule is Cc1cc(O)cc(C)c1C[C@H](N)C(=O)N[C@H](CCCN=C(N)N)C(=O)N[C@H]1Cc2ccccc2CN(CC(N)=O)C1=O. The van der Waals surface area contributed by atoms with Crippen molar-refractivity contribution in [1.29, 1.82) is 0 Å². The first-order valence-corrected chi connectivity index (χ1v) is 13.7. The van der Waals surface area contributed by atoms with Gasteiger partial charge in [-0.15, -0.1) is 0 Å². The normalized spacial score (nSPS) is 16.0. The molecule has 0 aromatic heterocycles. The first-order chi connectivity index (χ1) is 19.8. The lowest BCUT2D eigenvalue weighted by atomic mass is 9.95. The third-order valence-corrected chi connectivity index (χ3v) is 7.20. The smallest absolute Gasteiger partial charge is 0.246 e. The topological polar surface area (TPSA) is 232 Å². The van der Waals surface area contributed by atoms with Crippen molar-refractivity contribution in [3.8, 4) is 5.75 Å². The predicted molar refractivity (Wildman–Crippen MR) is 158 cm³/mol. The second kappa shape index (κ2) is 14.3. The van der Waals surface area contributed by atoms with Gasteiger partial charge in [-0.25, -0.2) is 0 Å². The number of phenolic OH excluding ortho intramolecular Hbond substituents is 1. The molecule has 1 aliphatic heterocycles. The molecule has 4 amide bonds. The van der Waals surface area contributed by atoms with Crippen molar-refractivity contribution < 1.29 is 24.3 Å². The summed E-state index contributed by atoms with van der Waals surface area (Å²) in [5.41, 5.74) is 26.5. The molecule has 2 aromatic carbocycles. The monoisotopic (exact) mass is 580 g/mol. The Bertz CT molecular complexity index is 1330. The molecule has 3 atom stereocenters. The first-order valence-electron chi connectivity index (χ1n) is 13.7.